The summed E-state index contributed by atoms with van der Waals surface area (Å²) < 4.78 is 17.1. The summed E-state index contributed by atoms with van der Waals surface area (Å²) in [5.41, 5.74) is 5.90. The van der Waals surface area contributed by atoms with Crippen molar-refractivity contribution in [3.05, 3.63) is 89.0 Å². The monoisotopic (exact) mass is 514 g/mol. The fourth-order valence-electron chi connectivity index (χ4n) is 3.80. The van der Waals surface area contributed by atoms with Gasteiger partial charge in [-0.15, -0.1) is 0 Å². The molecule has 0 saturated carbocycles. The molecule has 1 aliphatic rings. The van der Waals surface area contributed by atoms with Crippen LogP contribution >= 0.6 is 0 Å². The molecule has 0 aromatic heterocycles. The Morgan fingerprint density at radius 2 is 1.50 bits per heavy atom. The van der Waals surface area contributed by atoms with Gasteiger partial charge in [0.05, 0.1) is 11.8 Å². The Labute approximate surface area is 223 Å². The number of hydrogen-bond acceptors (Lipinski definition) is 6. The second-order valence-electron chi connectivity index (χ2n) is 11.3. The largest absolute Gasteiger partial charge is 0.485 e. The Morgan fingerprint density at radius 1 is 0.868 bits per heavy atom. The van der Waals surface area contributed by atoms with E-state index >= 15 is 0 Å². The third-order valence-corrected chi connectivity index (χ3v) is 6.23. The smallest absolute Gasteiger partial charge is 0.343 e. The number of ether oxygens (including phenoxy) is 3. The van der Waals surface area contributed by atoms with Crippen molar-refractivity contribution in [2.24, 2.45) is 5.10 Å². The number of carbonyl (C=O) groups excluding carboxylic acids is 2. The molecule has 0 fully saturated rings. The lowest BCUT2D eigenvalue weighted by Crippen LogP contribution is -2.42. The van der Waals surface area contributed by atoms with E-state index in [2.05, 4.69) is 52.1 Å². The molecule has 3 aromatic rings. The molecule has 0 bridgehead atoms. The first-order valence-corrected chi connectivity index (χ1v) is 12.6. The van der Waals surface area contributed by atoms with Crippen molar-refractivity contribution in [2.75, 3.05) is 6.61 Å². The predicted molar refractivity (Wildman–Crippen MR) is 147 cm³/mol. The molecule has 1 N–H and O–H groups in total. The number of amides is 1. The summed E-state index contributed by atoms with van der Waals surface area (Å²) in [6, 6.07) is 20.0. The van der Waals surface area contributed by atoms with Gasteiger partial charge in [-0.1, -0.05) is 59.7 Å². The number of fused-ring (bicyclic) bond motifs is 1. The van der Waals surface area contributed by atoms with Gasteiger partial charge in [0, 0.05) is 0 Å². The zero-order valence-corrected chi connectivity index (χ0v) is 22.7. The van der Waals surface area contributed by atoms with Crippen LogP contribution in [0.3, 0.4) is 0 Å². The summed E-state index contributed by atoms with van der Waals surface area (Å²) in [4.78, 5) is 25.1. The van der Waals surface area contributed by atoms with Gasteiger partial charge in [-0.25, -0.2) is 10.2 Å². The van der Waals surface area contributed by atoms with Crippen molar-refractivity contribution in [1.29, 1.82) is 0 Å². The molecule has 0 saturated heterocycles. The highest BCUT2D eigenvalue weighted by Gasteiger charge is 2.28. The summed E-state index contributed by atoms with van der Waals surface area (Å²) in [6.45, 7) is 12.8. The third kappa shape index (κ3) is 6.59. The maximum Gasteiger partial charge on any atom is 0.343 e. The minimum atomic E-state index is -0.811. The van der Waals surface area contributed by atoms with E-state index in [4.69, 9.17) is 14.2 Å². The van der Waals surface area contributed by atoms with E-state index in [1.165, 1.54) is 6.21 Å². The first-order valence-electron chi connectivity index (χ1n) is 12.6. The summed E-state index contributed by atoms with van der Waals surface area (Å²) in [5, 5.41) is 4.03. The van der Waals surface area contributed by atoms with Crippen molar-refractivity contribution in [2.45, 2.75) is 58.5 Å². The van der Waals surface area contributed by atoms with Crippen molar-refractivity contribution in [3.63, 3.8) is 0 Å². The Morgan fingerprint density at radius 3 is 2.13 bits per heavy atom. The lowest BCUT2D eigenvalue weighted by Gasteiger charge is -2.27. The Hall–Kier alpha value is -4.13. The van der Waals surface area contributed by atoms with Crippen LogP contribution in [-0.4, -0.2) is 30.8 Å². The molecule has 1 atom stereocenters. The van der Waals surface area contributed by atoms with E-state index in [1.54, 1.807) is 36.4 Å². The van der Waals surface area contributed by atoms with E-state index < -0.39 is 18.0 Å². The number of esters is 1. The lowest BCUT2D eigenvalue weighted by atomic mass is 9.87. The highest BCUT2D eigenvalue weighted by Crippen LogP contribution is 2.36. The molecule has 1 unspecified atom stereocenters. The summed E-state index contributed by atoms with van der Waals surface area (Å²) in [7, 11) is 0. The van der Waals surface area contributed by atoms with Crippen LogP contribution in [0, 0.1) is 0 Å². The Balaban J connectivity index is 1.30. The number of nitrogens with zero attached hydrogens (tertiary/aromatic N) is 1. The van der Waals surface area contributed by atoms with Gasteiger partial charge in [0.1, 0.15) is 12.4 Å². The Kier molecular flexibility index (Phi) is 7.58. The number of hydrogen-bond donors (Lipinski definition) is 1. The van der Waals surface area contributed by atoms with Gasteiger partial charge in [-0.3, -0.25) is 4.79 Å². The first-order chi connectivity index (χ1) is 17.9. The van der Waals surface area contributed by atoms with Crippen molar-refractivity contribution in [1.82, 2.24) is 5.43 Å². The maximum atomic E-state index is 12.6. The van der Waals surface area contributed by atoms with Crippen LogP contribution in [-0.2, 0) is 15.6 Å². The molecule has 198 valence electrons. The number of benzene rings is 3. The van der Waals surface area contributed by atoms with Gasteiger partial charge < -0.3 is 14.2 Å². The highest BCUT2D eigenvalue weighted by molar-refractivity contribution is 5.91. The van der Waals surface area contributed by atoms with Crippen LogP contribution in [0.25, 0.3) is 0 Å². The van der Waals surface area contributed by atoms with Crippen LogP contribution in [0.1, 0.15) is 68.6 Å². The third-order valence-electron chi connectivity index (χ3n) is 6.23. The van der Waals surface area contributed by atoms with Gasteiger partial charge in [-0.2, -0.15) is 5.10 Å². The average molecular weight is 515 g/mol. The van der Waals surface area contributed by atoms with E-state index in [-0.39, 0.29) is 17.4 Å². The molecule has 1 aliphatic heterocycles. The van der Waals surface area contributed by atoms with Gasteiger partial charge in [0.2, 0.25) is 6.10 Å². The van der Waals surface area contributed by atoms with Crippen LogP contribution in [0.15, 0.2) is 71.8 Å². The fourth-order valence-corrected chi connectivity index (χ4v) is 3.80. The molecule has 0 aliphatic carbocycles. The molecule has 1 heterocycles. The minimum Gasteiger partial charge on any atom is -0.485 e. The predicted octanol–water partition coefficient (Wildman–Crippen LogP) is 5.79. The molecule has 7 heteroatoms. The van der Waals surface area contributed by atoms with Crippen LogP contribution < -0.4 is 19.6 Å². The zero-order chi connectivity index (χ0) is 27.5. The molecule has 38 heavy (non-hydrogen) atoms. The number of rotatable bonds is 5. The topological polar surface area (TPSA) is 86.2 Å². The molecule has 4 rings (SSSR count). The molecular weight excluding hydrogens is 480 g/mol. The van der Waals surface area contributed by atoms with Crippen LogP contribution in [0.2, 0.25) is 0 Å². The quantitative estimate of drug-likeness (QED) is 0.202. The maximum absolute atomic E-state index is 12.6. The summed E-state index contributed by atoms with van der Waals surface area (Å²) in [5.74, 6) is 0.745. The molecule has 1 amide bonds. The minimum absolute atomic E-state index is 0.0120. The van der Waals surface area contributed by atoms with Crippen molar-refractivity contribution in [3.8, 4) is 17.2 Å². The number of carbonyl (C=O) groups is 2. The molecule has 7 nitrogen and oxygen atoms in total. The molecule has 0 radical (unpaired) electrons. The second-order valence-corrected chi connectivity index (χ2v) is 11.3. The fraction of sp³-hybridized carbons (Fsp3) is 0.323. The normalized spacial score (nSPS) is 15.3. The van der Waals surface area contributed by atoms with E-state index in [0.717, 1.165) is 16.7 Å². The van der Waals surface area contributed by atoms with Gasteiger partial charge in [0.25, 0.3) is 5.91 Å². The van der Waals surface area contributed by atoms with Crippen molar-refractivity contribution >= 4 is 18.1 Å². The molecule has 0 spiro atoms. The summed E-state index contributed by atoms with van der Waals surface area (Å²) in [6.07, 6.45) is 0.693. The average Bonchev–Trinajstić information content (AvgIpc) is 2.88. The van der Waals surface area contributed by atoms with E-state index in [9.17, 15) is 9.59 Å². The zero-order valence-electron chi connectivity index (χ0n) is 22.7. The second kappa shape index (κ2) is 10.7. The highest BCUT2D eigenvalue weighted by atomic mass is 16.6. The Bertz CT molecular complexity index is 1330. The SMILES string of the molecule is CC(C)(C)c1ccc(C(=O)Oc2ccc(C=NNC(=O)C3COc4ccc(C(C)(C)C)cc4O3)cc2)cc1. The van der Waals surface area contributed by atoms with Crippen LogP contribution in [0.5, 0.6) is 17.2 Å². The van der Waals surface area contributed by atoms with E-state index in [0.29, 0.717) is 22.8 Å². The van der Waals surface area contributed by atoms with Crippen LogP contribution in [0.4, 0.5) is 0 Å². The van der Waals surface area contributed by atoms with Gasteiger partial charge in [-0.05, 0) is 76.1 Å². The lowest BCUT2D eigenvalue weighted by molar-refractivity contribution is -0.130. The summed E-state index contributed by atoms with van der Waals surface area (Å²) >= 11 is 0. The molecular formula is C31H34N2O5. The number of hydrazone groups is 1. The number of nitrogens with one attached hydrogen (secondary N) is 1. The molecule has 3 aromatic carbocycles. The standard InChI is InChI=1S/C31H34N2O5/c1-30(2,3)22-11-9-21(10-12-22)29(35)37-24-14-7-20(8-15-24)18-32-33-28(34)27-19-36-25-16-13-23(31(4,5)6)17-26(25)38-27/h7-18,27H,19H2,1-6H3,(H,33,34). The van der Waals surface area contributed by atoms with Gasteiger partial charge >= 0.3 is 5.97 Å². The van der Waals surface area contributed by atoms with E-state index in [1.807, 2.05) is 30.3 Å². The first kappa shape index (κ1) is 26.9. The van der Waals surface area contributed by atoms with Gasteiger partial charge in [0.15, 0.2) is 11.5 Å². The van der Waals surface area contributed by atoms with Crippen molar-refractivity contribution < 1.29 is 23.8 Å².